The highest BCUT2D eigenvalue weighted by atomic mass is 35.5. The Morgan fingerprint density at radius 1 is 0.815 bits per heavy atom. The minimum Gasteiger partial charge on any atom is -0.455 e. The van der Waals surface area contributed by atoms with Crippen molar-refractivity contribution in [2.75, 3.05) is 10.6 Å². The van der Waals surface area contributed by atoms with Gasteiger partial charge in [0.05, 0.1) is 5.69 Å². The first kappa shape index (κ1) is 18.5. The lowest BCUT2D eigenvalue weighted by Crippen LogP contribution is -2.21. The number of halogens is 1. The highest BCUT2D eigenvalue weighted by Gasteiger charge is 2.13. The molecule has 2 amide bonds. The first-order valence-electron chi connectivity index (χ1n) is 8.27. The van der Waals surface area contributed by atoms with E-state index in [4.69, 9.17) is 16.3 Å². The number of rotatable bonds is 6. The quantitative estimate of drug-likeness (QED) is 0.584. The molecule has 3 rings (SSSR count). The van der Waals surface area contributed by atoms with E-state index in [9.17, 15) is 9.59 Å². The van der Waals surface area contributed by atoms with E-state index in [1.165, 1.54) is 0 Å². The average Bonchev–Trinajstić information content (AvgIpc) is 2.64. The van der Waals surface area contributed by atoms with Gasteiger partial charge in [0.15, 0.2) is 5.75 Å². The summed E-state index contributed by atoms with van der Waals surface area (Å²) in [4.78, 5) is 24.3. The number of para-hydroxylation sites is 3. The molecule has 0 aliphatic heterocycles. The molecule has 0 saturated heterocycles. The Labute approximate surface area is 161 Å². The van der Waals surface area contributed by atoms with E-state index >= 15 is 0 Å². The number of carbonyl (C=O) groups is 2. The third-order valence-corrected chi connectivity index (χ3v) is 3.80. The zero-order valence-corrected chi connectivity index (χ0v) is 15.1. The molecule has 0 aliphatic rings. The van der Waals surface area contributed by atoms with Crippen molar-refractivity contribution in [3.8, 4) is 11.5 Å². The number of hydrogen-bond donors (Lipinski definition) is 2. The van der Waals surface area contributed by atoms with Gasteiger partial charge in [-0.1, -0.05) is 48.0 Å². The highest BCUT2D eigenvalue weighted by Crippen LogP contribution is 2.29. The molecule has 0 bridgehead atoms. The summed E-state index contributed by atoms with van der Waals surface area (Å²) in [6.07, 6.45) is -0.327. The Morgan fingerprint density at radius 2 is 1.52 bits per heavy atom. The number of anilines is 2. The van der Waals surface area contributed by atoms with Gasteiger partial charge in [0.2, 0.25) is 11.8 Å². The van der Waals surface area contributed by atoms with Gasteiger partial charge >= 0.3 is 0 Å². The third-order valence-electron chi connectivity index (χ3n) is 3.56. The predicted octanol–water partition coefficient (Wildman–Crippen LogP) is 5.10. The van der Waals surface area contributed by atoms with E-state index in [-0.39, 0.29) is 6.42 Å². The lowest BCUT2D eigenvalue weighted by Gasteiger charge is -2.12. The summed E-state index contributed by atoms with van der Waals surface area (Å²) in [5.74, 6) is 0.264. The summed E-state index contributed by atoms with van der Waals surface area (Å²) in [5, 5.41) is 5.85. The molecule has 27 heavy (non-hydrogen) atoms. The fourth-order valence-corrected chi connectivity index (χ4v) is 2.58. The molecule has 0 fully saturated rings. The molecule has 2 N–H and O–H groups in total. The van der Waals surface area contributed by atoms with Crippen LogP contribution in [0.4, 0.5) is 11.4 Å². The largest absolute Gasteiger partial charge is 0.455 e. The van der Waals surface area contributed by atoms with Gasteiger partial charge in [-0.25, -0.2) is 0 Å². The molecular formula is C21H17ClN2O3. The van der Waals surface area contributed by atoms with Crippen LogP contribution in [-0.4, -0.2) is 11.8 Å². The summed E-state index contributed by atoms with van der Waals surface area (Å²) in [6, 6.07) is 23.0. The minimum atomic E-state index is -0.446. The first-order valence-corrected chi connectivity index (χ1v) is 8.65. The Morgan fingerprint density at radius 3 is 2.30 bits per heavy atom. The molecule has 0 heterocycles. The van der Waals surface area contributed by atoms with Crippen LogP contribution in [0.2, 0.25) is 5.02 Å². The van der Waals surface area contributed by atoms with Crippen LogP contribution in [0, 0.1) is 0 Å². The Kier molecular flexibility index (Phi) is 6.07. The predicted molar refractivity (Wildman–Crippen MR) is 106 cm³/mol. The highest BCUT2D eigenvalue weighted by molar-refractivity contribution is 6.30. The van der Waals surface area contributed by atoms with Crippen LogP contribution in [0.3, 0.4) is 0 Å². The molecule has 5 nitrogen and oxygen atoms in total. The molecule has 0 spiro atoms. The number of benzene rings is 3. The van der Waals surface area contributed by atoms with Gasteiger partial charge < -0.3 is 15.4 Å². The molecular weight excluding hydrogens is 364 g/mol. The minimum absolute atomic E-state index is 0.327. The number of amides is 2. The second-order valence-corrected chi connectivity index (χ2v) is 6.13. The van der Waals surface area contributed by atoms with Crippen LogP contribution in [-0.2, 0) is 9.59 Å². The van der Waals surface area contributed by atoms with Crippen LogP contribution in [0.1, 0.15) is 6.42 Å². The van der Waals surface area contributed by atoms with E-state index in [2.05, 4.69) is 10.6 Å². The van der Waals surface area contributed by atoms with Gasteiger partial charge in [-0.3, -0.25) is 9.59 Å². The number of hydrogen-bond acceptors (Lipinski definition) is 3. The Bertz CT molecular complexity index is 945. The van der Waals surface area contributed by atoms with Crippen molar-refractivity contribution >= 4 is 34.8 Å². The van der Waals surface area contributed by atoms with Gasteiger partial charge in [0.1, 0.15) is 12.2 Å². The summed E-state index contributed by atoms with van der Waals surface area (Å²) >= 11 is 5.88. The van der Waals surface area contributed by atoms with Gasteiger partial charge in [-0.2, -0.15) is 0 Å². The standard InChI is InChI=1S/C21H17ClN2O3/c22-15-7-6-8-16(13-15)23-20(25)14-21(26)24-18-11-4-5-12-19(18)27-17-9-2-1-3-10-17/h1-13H,14H2,(H,23,25)(H,24,26). The monoisotopic (exact) mass is 380 g/mol. The number of carbonyl (C=O) groups excluding carboxylic acids is 2. The number of ether oxygens (including phenoxy) is 1. The first-order chi connectivity index (χ1) is 13.1. The maximum atomic E-state index is 12.2. The Balaban J connectivity index is 1.61. The third kappa shape index (κ3) is 5.59. The lowest BCUT2D eigenvalue weighted by molar-refractivity contribution is -0.123. The van der Waals surface area contributed by atoms with Crippen molar-refractivity contribution in [1.29, 1.82) is 0 Å². The molecule has 0 aliphatic carbocycles. The normalized spacial score (nSPS) is 10.1. The summed E-state index contributed by atoms with van der Waals surface area (Å²) in [5.41, 5.74) is 1.02. The van der Waals surface area contributed by atoms with Crippen molar-refractivity contribution in [2.24, 2.45) is 0 Å². The van der Waals surface area contributed by atoms with E-state index in [1.807, 2.05) is 30.3 Å². The zero-order valence-electron chi connectivity index (χ0n) is 14.3. The molecule has 0 aromatic heterocycles. The zero-order chi connectivity index (χ0) is 19.1. The van der Waals surface area contributed by atoms with Gasteiger partial charge in [0.25, 0.3) is 0 Å². The van der Waals surface area contributed by atoms with Gasteiger partial charge in [-0.05, 0) is 42.5 Å². The fourth-order valence-electron chi connectivity index (χ4n) is 2.39. The van der Waals surface area contributed by atoms with E-state index in [0.29, 0.717) is 27.9 Å². The van der Waals surface area contributed by atoms with Crippen molar-refractivity contribution in [2.45, 2.75) is 6.42 Å². The van der Waals surface area contributed by atoms with Gasteiger partial charge in [0, 0.05) is 10.7 Å². The van der Waals surface area contributed by atoms with E-state index in [0.717, 1.165) is 0 Å². The molecule has 0 unspecified atom stereocenters. The van der Waals surface area contributed by atoms with Crippen molar-refractivity contribution in [1.82, 2.24) is 0 Å². The molecule has 0 radical (unpaired) electrons. The van der Waals surface area contributed by atoms with Crippen LogP contribution >= 0.6 is 11.6 Å². The van der Waals surface area contributed by atoms with Crippen LogP contribution < -0.4 is 15.4 Å². The SMILES string of the molecule is O=C(CC(=O)Nc1ccccc1Oc1ccccc1)Nc1cccc(Cl)c1. The van der Waals surface area contributed by atoms with E-state index < -0.39 is 11.8 Å². The van der Waals surface area contributed by atoms with Gasteiger partial charge in [-0.15, -0.1) is 0 Å². The summed E-state index contributed by atoms with van der Waals surface area (Å²) in [6.45, 7) is 0. The number of nitrogens with one attached hydrogen (secondary N) is 2. The summed E-state index contributed by atoms with van der Waals surface area (Å²) < 4.78 is 5.79. The van der Waals surface area contributed by atoms with Crippen LogP contribution in [0.5, 0.6) is 11.5 Å². The van der Waals surface area contributed by atoms with Crippen molar-refractivity contribution in [3.63, 3.8) is 0 Å². The van der Waals surface area contributed by atoms with Crippen molar-refractivity contribution < 1.29 is 14.3 Å². The molecule has 3 aromatic rings. The maximum Gasteiger partial charge on any atom is 0.233 e. The fraction of sp³-hybridized carbons (Fsp3) is 0.0476. The molecule has 136 valence electrons. The molecule has 0 saturated carbocycles. The topological polar surface area (TPSA) is 67.4 Å². The molecule has 6 heteroatoms. The van der Waals surface area contributed by atoms with Crippen LogP contribution in [0.15, 0.2) is 78.9 Å². The lowest BCUT2D eigenvalue weighted by atomic mass is 10.2. The maximum absolute atomic E-state index is 12.2. The molecule has 3 aromatic carbocycles. The second kappa shape index (κ2) is 8.87. The van der Waals surface area contributed by atoms with Crippen LogP contribution in [0.25, 0.3) is 0 Å². The Hall–Kier alpha value is -3.31. The molecule has 0 atom stereocenters. The smallest absolute Gasteiger partial charge is 0.233 e. The van der Waals surface area contributed by atoms with E-state index in [1.54, 1.807) is 48.5 Å². The summed E-state index contributed by atoms with van der Waals surface area (Å²) in [7, 11) is 0. The van der Waals surface area contributed by atoms with Crippen molar-refractivity contribution in [3.05, 3.63) is 83.9 Å². The second-order valence-electron chi connectivity index (χ2n) is 5.69. The average molecular weight is 381 g/mol.